The van der Waals surface area contributed by atoms with Gasteiger partial charge < -0.3 is 9.88 Å². The first-order chi connectivity index (χ1) is 14.2. The third-order valence-electron chi connectivity index (χ3n) is 5.10. The normalized spacial score (nSPS) is 11.2. The number of carbonyl (C=O) groups excluding carboxylic acids is 1. The second kappa shape index (κ2) is 6.87. The lowest BCUT2D eigenvalue weighted by Gasteiger charge is -2.15. The van der Waals surface area contributed by atoms with Gasteiger partial charge in [-0.2, -0.15) is 0 Å². The lowest BCUT2D eigenvalue weighted by molar-refractivity contribution is -0.116. The third kappa shape index (κ3) is 2.93. The number of nitrogens with one attached hydrogen (secondary N) is 1. The summed E-state index contributed by atoms with van der Waals surface area (Å²) >= 11 is 0. The molecule has 5 aromatic rings. The van der Waals surface area contributed by atoms with Crippen LogP contribution in [0.1, 0.15) is 0 Å². The molecule has 5 nitrogen and oxygen atoms in total. The molecule has 0 atom stereocenters. The average Bonchev–Trinajstić information content (AvgIpc) is 2.77. The molecule has 0 spiro atoms. The number of carbonyl (C=O) groups is 1. The summed E-state index contributed by atoms with van der Waals surface area (Å²) in [6.07, 6.45) is 1.73. The van der Waals surface area contributed by atoms with Gasteiger partial charge in [-0.25, -0.2) is 0 Å². The van der Waals surface area contributed by atoms with Gasteiger partial charge in [-0.05, 0) is 48.5 Å². The molecule has 5 rings (SSSR count). The Labute approximate surface area is 166 Å². The van der Waals surface area contributed by atoms with Crippen molar-refractivity contribution < 1.29 is 4.79 Å². The van der Waals surface area contributed by atoms with Crippen LogP contribution in [0.3, 0.4) is 0 Å². The summed E-state index contributed by atoms with van der Waals surface area (Å²) in [4.78, 5) is 30.1. The van der Waals surface area contributed by atoms with E-state index in [9.17, 15) is 9.59 Å². The van der Waals surface area contributed by atoms with Gasteiger partial charge in [0.25, 0.3) is 0 Å². The highest BCUT2D eigenvalue weighted by atomic mass is 16.2. The Bertz CT molecular complexity index is 1390. The Morgan fingerprint density at radius 2 is 1.45 bits per heavy atom. The Morgan fingerprint density at radius 1 is 0.793 bits per heavy atom. The molecule has 2 aromatic heterocycles. The van der Waals surface area contributed by atoms with E-state index in [0.717, 1.165) is 27.6 Å². The van der Waals surface area contributed by atoms with E-state index in [-0.39, 0.29) is 17.9 Å². The number of amides is 1. The van der Waals surface area contributed by atoms with Gasteiger partial charge in [0.1, 0.15) is 6.54 Å². The number of nitrogens with zero attached hydrogens (tertiary/aromatic N) is 2. The summed E-state index contributed by atoms with van der Waals surface area (Å²) in [7, 11) is 0. The topological polar surface area (TPSA) is 64.0 Å². The summed E-state index contributed by atoms with van der Waals surface area (Å²) in [5.74, 6) is -0.166. The van der Waals surface area contributed by atoms with Crippen LogP contribution in [0.25, 0.3) is 32.7 Å². The molecule has 1 N–H and O–H groups in total. The Kier molecular flexibility index (Phi) is 4.06. The number of rotatable bonds is 3. The van der Waals surface area contributed by atoms with E-state index < -0.39 is 0 Å². The van der Waals surface area contributed by atoms with Crippen LogP contribution in [-0.2, 0) is 11.3 Å². The molecular weight excluding hydrogens is 362 g/mol. The van der Waals surface area contributed by atoms with Gasteiger partial charge in [-0.15, -0.1) is 0 Å². The van der Waals surface area contributed by atoms with Crippen LogP contribution in [0.5, 0.6) is 0 Å². The van der Waals surface area contributed by atoms with Gasteiger partial charge in [0.15, 0.2) is 5.43 Å². The fourth-order valence-electron chi connectivity index (χ4n) is 3.79. The second-order valence-electron chi connectivity index (χ2n) is 6.87. The Hall–Kier alpha value is -3.99. The summed E-state index contributed by atoms with van der Waals surface area (Å²) < 4.78 is 1.89. The van der Waals surface area contributed by atoms with Crippen molar-refractivity contribution in [2.45, 2.75) is 6.54 Å². The van der Waals surface area contributed by atoms with Crippen molar-refractivity contribution in [3.8, 4) is 0 Å². The van der Waals surface area contributed by atoms with Crippen molar-refractivity contribution in [3.05, 3.63) is 95.3 Å². The number of hydrogen-bond acceptors (Lipinski definition) is 3. The molecule has 0 unspecified atom stereocenters. The van der Waals surface area contributed by atoms with Gasteiger partial charge in [0.05, 0.1) is 22.2 Å². The molecule has 0 aliphatic rings. The molecular formula is C24H17N3O2. The van der Waals surface area contributed by atoms with Crippen molar-refractivity contribution >= 4 is 44.3 Å². The number of pyridine rings is 2. The van der Waals surface area contributed by atoms with Crippen LogP contribution in [-0.4, -0.2) is 15.5 Å². The van der Waals surface area contributed by atoms with E-state index >= 15 is 0 Å². The Balaban J connectivity index is 1.60. The summed E-state index contributed by atoms with van der Waals surface area (Å²) in [6.45, 7) is 0.0952. The number of para-hydroxylation sites is 2. The smallest absolute Gasteiger partial charge is 0.244 e. The quantitative estimate of drug-likeness (QED) is 0.474. The highest BCUT2D eigenvalue weighted by Gasteiger charge is 2.13. The molecule has 0 saturated carbocycles. The maximum absolute atomic E-state index is 13.0. The van der Waals surface area contributed by atoms with E-state index in [1.54, 1.807) is 18.3 Å². The summed E-state index contributed by atoms with van der Waals surface area (Å²) in [6, 6.07) is 24.2. The van der Waals surface area contributed by atoms with Crippen LogP contribution in [0.2, 0.25) is 0 Å². The van der Waals surface area contributed by atoms with Crippen molar-refractivity contribution in [1.82, 2.24) is 9.55 Å². The summed E-state index contributed by atoms with van der Waals surface area (Å²) in [5, 5.41) is 5.10. The Morgan fingerprint density at radius 3 is 2.17 bits per heavy atom. The molecule has 3 aromatic carbocycles. The van der Waals surface area contributed by atoms with E-state index in [1.807, 2.05) is 71.3 Å². The maximum atomic E-state index is 13.0. The summed E-state index contributed by atoms with van der Waals surface area (Å²) in [5.41, 5.74) is 3.00. The lowest BCUT2D eigenvalue weighted by Crippen LogP contribution is -2.21. The van der Waals surface area contributed by atoms with E-state index in [1.165, 1.54) is 0 Å². The van der Waals surface area contributed by atoms with Crippen molar-refractivity contribution in [2.75, 3.05) is 5.32 Å². The van der Waals surface area contributed by atoms with Crippen LogP contribution in [0, 0.1) is 0 Å². The predicted octanol–water partition coefficient (Wildman–Crippen LogP) is 4.34. The van der Waals surface area contributed by atoms with Gasteiger partial charge in [0.2, 0.25) is 5.91 Å². The van der Waals surface area contributed by atoms with Crippen LogP contribution >= 0.6 is 0 Å². The monoisotopic (exact) mass is 379 g/mol. The third-order valence-corrected chi connectivity index (χ3v) is 5.10. The molecule has 2 heterocycles. The fraction of sp³-hybridized carbons (Fsp3) is 0.0417. The zero-order chi connectivity index (χ0) is 19.8. The number of fused-ring (bicyclic) bond motifs is 3. The highest BCUT2D eigenvalue weighted by molar-refractivity contribution is 6.02. The number of anilines is 1. The molecule has 0 aliphatic heterocycles. The molecule has 0 aliphatic carbocycles. The van der Waals surface area contributed by atoms with Gasteiger partial charge >= 0.3 is 0 Å². The van der Waals surface area contributed by atoms with E-state index in [2.05, 4.69) is 10.3 Å². The van der Waals surface area contributed by atoms with Crippen molar-refractivity contribution in [2.24, 2.45) is 0 Å². The second-order valence-corrected chi connectivity index (χ2v) is 6.87. The molecule has 0 bridgehead atoms. The first kappa shape index (κ1) is 17.1. The minimum absolute atomic E-state index is 0.0204. The maximum Gasteiger partial charge on any atom is 0.244 e. The van der Waals surface area contributed by atoms with Crippen LogP contribution in [0.4, 0.5) is 5.69 Å². The average molecular weight is 379 g/mol. The van der Waals surface area contributed by atoms with Crippen LogP contribution < -0.4 is 10.7 Å². The van der Waals surface area contributed by atoms with Gasteiger partial charge in [-0.1, -0.05) is 30.3 Å². The zero-order valence-electron chi connectivity index (χ0n) is 15.5. The van der Waals surface area contributed by atoms with E-state index in [4.69, 9.17) is 0 Å². The number of hydrogen-bond donors (Lipinski definition) is 1. The molecule has 1 amide bonds. The fourth-order valence-corrected chi connectivity index (χ4v) is 3.79. The first-order valence-electron chi connectivity index (χ1n) is 9.36. The number of benzene rings is 3. The standard InChI is InChI=1S/C24H17N3O2/c28-23(26-20-11-5-10-19-16(20)9-6-14-25-19)15-27-21-12-3-1-7-17(21)24(29)18-8-2-4-13-22(18)27/h1-14H,15H2,(H,26,28). The van der Waals surface area contributed by atoms with Gasteiger partial charge in [-0.3, -0.25) is 14.6 Å². The van der Waals surface area contributed by atoms with Crippen molar-refractivity contribution in [1.29, 1.82) is 0 Å². The zero-order valence-corrected chi connectivity index (χ0v) is 15.5. The molecule has 5 heteroatoms. The van der Waals surface area contributed by atoms with Gasteiger partial charge in [0, 0.05) is 22.4 Å². The first-order valence-corrected chi connectivity index (χ1v) is 9.36. The van der Waals surface area contributed by atoms with Crippen LogP contribution in [0.15, 0.2) is 89.9 Å². The highest BCUT2D eigenvalue weighted by Crippen LogP contribution is 2.22. The molecule has 140 valence electrons. The number of aromatic nitrogens is 2. The molecule has 29 heavy (non-hydrogen) atoms. The van der Waals surface area contributed by atoms with Crippen molar-refractivity contribution in [3.63, 3.8) is 0 Å². The molecule has 0 radical (unpaired) electrons. The SMILES string of the molecule is O=C(Cn1c2ccccc2c(=O)c2ccccc21)Nc1cccc2ncccc12. The largest absolute Gasteiger partial charge is 0.331 e. The predicted molar refractivity (Wildman–Crippen MR) is 116 cm³/mol. The lowest BCUT2D eigenvalue weighted by atomic mass is 10.1. The molecule has 0 saturated heterocycles. The molecule has 0 fully saturated rings. The minimum Gasteiger partial charge on any atom is -0.331 e. The van der Waals surface area contributed by atoms with E-state index in [0.29, 0.717) is 10.8 Å². The minimum atomic E-state index is -0.166.